The van der Waals surface area contributed by atoms with Gasteiger partial charge in [-0.3, -0.25) is 4.79 Å². The minimum atomic E-state index is -0.268. The van der Waals surface area contributed by atoms with Crippen LogP contribution in [0.15, 0.2) is 66.7 Å². The van der Waals surface area contributed by atoms with Gasteiger partial charge in [0, 0.05) is 18.1 Å². The van der Waals surface area contributed by atoms with Gasteiger partial charge >= 0.3 is 5.97 Å². The molecule has 0 aliphatic carbocycles. The summed E-state index contributed by atoms with van der Waals surface area (Å²) < 4.78 is 24.2. The van der Waals surface area contributed by atoms with Crippen molar-refractivity contribution in [3.63, 3.8) is 0 Å². The molecule has 0 aliphatic heterocycles. The van der Waals surface area contributed by atoms with Crippen LogP contribution in [0, 0.1) is 5.82 Å². The van der Waals surface area contributed by atoms with Gasteiger partial charge in [0.2, 0.25) is 5.88 Å². The molecule has 0 atom stereocenters. The summed E-state index contributed by atoms with van der Waals surface area (Å²) in [4.78, 5) is 16.0. The summed E-state index contributed by atoms with van der Waals surface area (Å²) in [5.41, 5.74) is 3.60. The lowest BCUT2D eigenvalue weighted by Gasteiger charge is -2.11. The molecular formula is C25H26FNO3. The van der Waals surface area contributed by atoms with Crippen molar-refractivity contribution in [2.75, 3.05) is 13.2 Å². The number of carbonyl (C=O) groups excluding carboxylic acids is 1. The van der Waals surface area contributed by atoms with E-state index >= 15 is 0 Å². The normalized spacial score (nSPS) is 10.6. The van der Waals surface area contributed by atoms with Crippen LogP contribution in [0.1, 0.15) is 32.6 Å². The van der Waals surface area contributed by atoms with Crippen molar-refractivity contribution in [1.82, 2.24) is 4.98 Å². The quantitative estimate of drug-likeness (QED) is 0.303. The van der Waals surface area contributed by atoms with Crippen LogP contribution in [0.25, 0.3) is 22.4 Å². The number of pyridine rings is 1. The number of unbranched alkanes of at least 4 members (excludes halogenated alkanes) is 2. The number of aromatic nitrogens is 1. The van der Waals surface area contributed by atoms with Crippen molar-refractivity contribution >= 4 is 5.97 Å². The average Bonchev–Trinajstić information content (AvgIpc) is 2.77. The topological polar surface area (TPSA) is 48.4 Å². The molecule has 0 unspecified atom stereocenters. The monoisotopic (exact) mass is 407 g/mol. The Morgan fingerprint density at radius 2 is 1.67 bits per heavy atom. The summed E-state index contributed by atoms with van der Waals surface area (Å²) in [5.74, 6) is 0.107. The zero-order valence-corrected chi connectivity index (χ0v) is 17.1. The summed E-state index contributed by atoms with van der Waals surface area (Å²) in [6.07, 6.45) is 2.91. The van der Waals surface area contributed by atoms with Crippen LogP contribution in [-0.4, -0.2) is 24.2 Å². The Hall–Kier alpha value is -3.21. The highest BCUT2D eigenvalue weighted by atomic mass is 19.1. The second kappa shape index (κ2) is 11.1. The number of hydrogen-bond acceptors (Lipinski definition) is 4. The predicted molar refractivity (Wildman–Crippen MR) is 116 cm³/mol. The fourth-order valence-corrected chi connectivity index (χ4v) is 3.10. The molecule has 0 fully saturated rings. The molecule has 5 heteroatoms. The SMILES string of the molecule is CCOC(=O)CCCCCOc1cc(-c2ccc(F)cc2)cc(-c2ccccc2)n1. The third kappa shape index (κ3) is 6.41. The molecule has 3 rings (SSSR count). The highest BCUT2D eigenvalue weighted by molar-refractivity contribution is 5.71. The maximum atomic E-state index is 13.3. The van der Waals surface area contributed by atoms with E-state index in [-0.39, 0.29) is 11.8 Å². The summed E-state index contributed by atoms with van der Waals surface area (Å²) in [5, 5.41) is 0. The molecule has 0 spiro atoms. The van der Waals surface area contributed by atoms with Crippen LogP contribution >= 0.6 is 0 Å². The number of esters is 1. The number of ether oxygens (including phenoxy) is 2. The van der Waals surface area contributed by atoms with E-state index in [0.717, 1.165) is 41.6 Å². The highest BCUT2D eigenvalue weighted by Gasteiger charge is 2.09. The first kappa shape index (κ1) is 21.5. The van der Waals surface area contributed by atoms with Crippen molar-refractivity contribution in [2.45, 2.75) is 32.6 Å². The summed E-state index contributed by atoms with van der Waals surface area (Å²) >= 11 is 0. The first-order valence-electron chi connectivity index (χ1n) is 10.3. The molecule has 156 valence electrons. The van der Waals surface area contributed by atoms with Crippen LogP contribution in [0.2, 0.25) is 0 Å². The molecule has 30 heavy (non-hydrogen) atoms. The lowest BCUT2D eigenvalue weighted by atomic mass is 10.0. The lowest BCUT2D eigenvalue weighted by Crippen LogP contribution is -2.04. The molecular weight excluding hydrogens is 381 g/mol. The first-order valence-corrected chi connectivity index (χ1v) is 10.3. The van der Waals surface area contributed by atoms with Crippen LogP contribution in [0.4, 0.5) is 4.39 Å². The molecule has 2 aromatic carbocycles. The third-order valence-electron chi connectivity index (χ3n) is 4.63. The van der Waals surface area contributed by atoms with E-state index in [1.54, 1.807) is 12.1 Å². The van der Waals surface area contributed by atoms with Gasteiger partial charge < -0.3 is 9.47 Å². The highest BCUT2D eigenvalue weighted by Crippen LogP contribution is 2.29. The van der Waals surface area contributed by atoms with E-state index in [1.165, 1.54) is 12.1 Å². The fraction of sp³-hybridized carbons (Fsp3) is 0.280. The number of halogens is 1. The van der Waals surface area contributed by atoms with E-state index in [2.05, 4.69) is 4.98 Å². The smallest absolute Gasteiger partial charge is 0.305 e. The van der Waals surface area contributed by atoms with E-state index in [9.17, 15) is 9.18 Å². The third-order valence-corrected chi connectivity index (χ3v) is 4.63. The number of hydrogen-bond donors (Lipinski definition) is 0. The molecule has 0 N–H and O–H groups in total. The molecule has 1 heterocycles. The zero-order chi connectivity index (χ0) is 21.2. The predicted octanol–water partition coefficient (Wildman–Crippen LogP) is 6.06. The van der Waals surface area contributed by atoms with Gasteiger partial charge in [0.25, 0.3) is 0 Å². The first-order chi connectivity index (χ1) is 14.7. The van der Waals surface area contributed by atoms with E-state index < -0.39 is 0 Å². The molecule has 0 radical (unpaired) electrons. The molecule has 0 saturated carbocycles. The summed E-state index contributed by atoms with van der Waals surface area (Å²) in [6, 6.07) is 20.1. The summed E-state index contributed by atoms with van der Waals surface area (Å²) in [7, 11) is 0. The van der Waals surface area contributed by atoms with E-state index in [1.807, 2.05) is 49.4 Å². The lowest BCUT2D eigenvalue weighted by molar-refractivity contribution is -0.143. The van der Waals surface area contributed by atoms with Gasteiger partial charge in [-0.15, -0.1) is 0 Å². The van der Waals surface area contributed by atoms with Crippen molar-refractivity contribution in [3.05, 3.63) is 72.5 Å². The van der Waals surface area contributed by atoms with Crippen molar-refractivity contribution in [1.29, 1.82) is 0 Å². The fourth-order valence-electron chi connectivity index (χ4n) is 3.10. The average molecular weight is 407 g/mol. The van der Waals surface area contributed by atoms with Crippen LogP contribution < -0.4 is 4.74 Å². The van der Waals surface area contributed by atoms with Gasteiger partial charge in [0.1, 0.15) is 5.82 Å². The van der Waals surface area contributed by atoms with Crippen LogP contribution in [-0.2, 0) is 9.53 Å². The number of rotatable bonds is 10. The molecule has 1 aromatic heterocycles. The molecule has 3 aromatic rings. The number of carbonyl (C=O) groups is 1. The van der Waals surface area contributed by atoms with Crippen LogP contribution in [0.3, 0.4) is 0 Å². The Balaban J connectivity index is 1.68. The van der Waals surface area contributed by atoms with Gasteiger partial charge in [0.05, 0.1) is 18.9 Å². The van der Waals surface area contributed by atoms with Crippen LogP contribution in [0.5, 0.6) is 5.88 Å². The van der Waals surface area contributed by atoms with Gasteiger partial charge in [-0.2, -0.15) is 0 Å². The van der Waals surface area contributed by atoms with E-state index in [4.69, 9.17) is 9.47 Å². The maximum absolute atomic E-state index is 13.3. The van der Waals surface area contributed by atoms with Crippen molar-refractivity contribution in [3.8, 4) is 28.3 Å². The molecule has 0 amide bonds. The Morgan fingerprint density at radius 1 is 0.900 bits per heavy atom. The van der Waals surface area contributed by atoms with Gasteiger partial charge in [-0.25, -0.2) is 9.37 Å². The Kier molecular flexibility index (Phi) is 7.95. The minimum absolute atomic E-state index is 0.153. The van der Waals surface area contributed by atoms with Crippen molar-refractivity contribution in [2.24, 2.45) is 0 Å². The van der Waals surface area contributed by atoms with Crippen molar-refractivity contribution < 1.29 is 18.7 Å². The Bertz CT molecular complexity index is 942. The minimum Gasteiger partial charge on any atom is -0.478 e. The van der Waals surface area contributed by atoms with Gasteiger partial charge in [0.15, 0.2) is 0 Å². The maximum Gasteiger partial charge on any atom is 0.305 e. The summed E-state index contributed by atoms with van der Waals surface area (Å²) in [6.45, 7) is 2.74. The molecule has 0 saturated heterocycles. The van der Waals surface area contributed by atoms with Gasteiger partial charge in [-0.1, -0.05) is 42.5 Å². The molecule has 0 bridgehead atoms. The van der Waals surface area contributed by atoms with E-state index in [0.29, 0.717) is 25.5 Å². The Morgan fingerprint density at radius 3 is 2.40 bits per heavy atom. The molecule has 4 nitrogen and oxygen atoms in total. The standard InChI is InChI=1S/C25H26FNO3/c1-2-29-25(28)11-7-4-8-16-30-24-18-21(19-12-14-22(26)15-13-19)17-23(27-24)20-9-5-3-6-10-20/h3,5-6,9-10,12-15,17-18H,2,4,7-8,11,16H2,1H3. The van der Waals surface area contributed by atoms with Gasteiger partial charge in [-0.05, 0) is 55.5 Å². The second-order valence-corrected chi connectivity index (χ2v) is 6.92. The largest absolute Gasteiger partial charge is 0.478 e. The Labute approximate surface area is 176 Å². The molecule has 0 aliphatic rings. The second-order valence-electron chi connectivity index (χ2n) is 6.92. The number of benzene rings is 2. The number of nitrogens with zero attached hydrogens (tertiary/aromatic N) is 1. The zero-order valence-electron chi connectivity index (χ0n) is 17.1.